The van der Waals surface area contributed by atoms with Crippen LogP contribution in [0, 0.1) is 5.92 Å². The SMILES string of the molecule is CC1CCC(N(C)C(=O)Cc2ccccc2CN)CC1. The minimum Gasteiger partial charge on any atom is -0.342 e. The molecular formula is C17H26N2O. The lowest BCUT2D eigenvalue weighted by atomic mass is 9.86. The molecule has 0 aromatic heterocycles. The predicted octanol–water partition coefficient (Wildman–Crippen LogP) is 2.72. The first-order valence-corrected chi connectivity index (χ1v) is 7.64. The Morgan fingerprint density at radius 2 is 1.80 bits per heavy atom. The molecule has 1 aromatic carbocycles. The van der Waals surface area contributed by atoms with Crippen LogP contribution in [-0.2, 0) is 17.8 Å². The maximum atomic E-state index is 12.4. The van der Waals surface area contributed by atoms with E-state index in [1.165, 1.54) is 12.8 Å². The van der Waals surface area contributed by atoms with Crippen molar-refractivity contribution in [1.82, 2.24) is 4.90 Å². The summed E-state index contributed by atoms with van der Waals surface area (Å²) >= 11 is 0. The third-order valence-corrected chi connectivity index (χ3v) is 4.61. The molecule has 1 aliphatic rings. The number of carbonyl (C=O) groups is 1. The Morgan fingerprint density at radius 1 is 1.20 bits per heavy atom. The standard InChI is InChI=1S/C17H26N2O/c1-13-7-9-16(10-8-13)19(2)17(20)11-14-5-3-4-6-15(14)12-18/h3-6,13,16H,7-12,18H2,1-2H3. The van der Waals surface area contributed by atoms with Crippen molar-refractivity contribution in [3.63, 3.8) is 0 Å². The molecule has 1 aliphatic carbocycles. The second kappa shape index (κ2) is 6.89. The van der Waals surface area contributed by atoms with E-state index in [-0.39, 0.29) is 5.91 Å². The highest BCUT2D eigenvalue weighted by atomic mass is 16.2. The Bertz CT molecular complexity index is 450. The van der Waals surface area contributed by atoms with Crippen LogP contribution in [0.3, 0.4) is 0 Å². The van der Waals surface area contributed by atoms with Crippen molar-refractivity contribution in [3.8, 4) is 0 Å². The lowest BCUT2D eigenvalue weighted by molar-refractivity contribution is -0.132. The number of likely N-dealkylation sites (N-methyl/N-ethyl adjacent to an activating group) is 1. The van der Waals surface area contributed by atoms with Gasteiger partial charge in [0.2, 0.25) is 5.91 Å². The van der Waals surface area contributed by atoms with Gasteiger partial charge < -0.3 is 10.6 Å². The number of carbonyl (C=O) groups excluding carboxylic acids is 1. The average molecular weight is 274 g/mol. The van der Waals surface area contributed by atoms with Crippen LogP contribution in [-0.4, -0.2) is 23.9 Å². The molecule has 0 aliphatic heterocycles. The van der Waals surface area contributed by atoms with E-state index in [4.69, 9.17) is 5.73 Å². The molecule has 0 heterocycles. The Morgan fingerprint density at radius 3 is 2.40 bits per heavy atom. The number of nitrogens with zero attached hydrogens (tertiary/aromatic N) is 1. The van der Waals surface area contributed by atoms with Crippen molar-refractivity contribution in [2.24, 2.45) is 11.7 Å². The summed E-state index contributed by atoms with van der Waals surface area (Å²) < 4.78 is 0. The largest absolute Gasteiger partial charge is 0.342 e. The molecule has 110 valence electrons. The maximum Gasteiger partial charge on any atom is 0.226 e. The Kier molecular flexibility index (Phi) is 5.18. The molecule has 1 amide bonds. The van der Waals surface area contributed by atoms with Gasteiger partial charge in [0.15, 0.2) is 0 Å². The van der Waals surface area contributed by atoms with Gasteiger partial charge >= 0.3 is 0 Å². The summed E-state index contributed by atoms with van der Waals surface area (Å²) in [7, 11) is 1.95. The highest BCUT2D eigenvalue weighted by Crippen LogP contribution is 2.26. The van der Waals surface area contributed by atoms with Gasteiger partial charge in [-0.3, -0.25) is 4.79 Å². The first-order valence-electron chi connectivity index (χ1n) is 7.64. The molecule has 20 heavy (non-hydrogen) atoms. The lowest BCUT2D eigenvalue weighted by Gasteiger charge is -2.33. The van der Waals surface area contributed by atoms with Gasteiger partial charge in [-0.25, -0.2) is 0 Å². The second-order valence-corrected chi connectivity index (χ2v) is 6.07. The normalized spacial score (nSPS) is 22.6. The van der Waals surface area contributed by atoms with Crippen LogP contribution in [0.2, 0.25) is 0 Å². The molecule has 1 saturated carbocycles. The van der Waals surface area contributed by atoms with Crippen molar-refractivity contribution in [3.05, 3.63) is 35.4 Å². The van der Waals surface area contributed by atoms with E-state index in [9.17, 15) is 4.79 Å². The van der Waals surface area contributed by atoms with Gasteiger partial charge in [-0.05, 0) is 42.7 Å². The van der Waals surface area contributed by atoms with E-state index in [2.05, 4.69) is 6.92 Å². The fourth-order valence-corrected chi connectivity index (χ4v) is 3.05. The highest BCUT2D eigenvalue weighted by Gasteiger charge is 2.24. The highest BCUT2D eigenvalue weighted by molar-refractivity contribution is 5.79. The molecule has 3 nitrogen and oxygen atoms in total. The topological polar surface area (TPSA) is 46.3 Å². The minimum atomic E-state index is 0.213. The van der Waals surface area contributed by atoms with E-state index >= 15 is 0 Å². The van der Waals surface area contributed by atoms with Crippen molar-refractivity contribution in [2.45, 2.75) is 51.6 Å². The molecule has 2 rings (SSSR count). The molecule has 0 unspecified atom stereocenters. The van der Waals surface area contributed by atoms with E-state index < -0.39 is 0 Å². The Balaban J connectivity index is 1.97. The predicted molar refractivity (Wildman–Crippen MR) is 82.2 cm³/mol. The lowest BCUT2D eigenvalue weighted by Crippen LogP contribution is -2.40. The maximum absolute atomic E-state index is 12.4. The fraction of sp³-hybridized carbons (Fsp3) is 0.588. The zero-order valence-electron chi connectivity index (χ0n) is 12.6. The molecule has 3 heteroatoms. The van der Waals surface area contributed by atoms with E-state index in [1.807, 2.05) is 36.2 Å². The Labute approximate surface area is 122 Å². The Hall–Kier alpha value is -1.35. The van der Waals surface area contributed by atoms with Crippen LogP contribution in [0.15, 0.2) is 24.3 Å². The van der Waals surface area contributed by atoms with Crippen LogP contribution in [0.5, 0.6) is 0 Å². The summed E-state index contributed by atoms with van der Waals surface area (Å²) in [5.74, 6) is 1.03. The molecular weight excluding hydrogens is 248 g/mol. The number of benzene rings is 1. The van der Waals surface area contributed by atoms with Gasteiger partial charge in [0, 0.05) is 19.6 Å². The smallest absolute Gasteiger partial charge is 0.226 e. The fourth-order valence-electron chi connectivity index (χ4n) is 3.05. The molecule has 1 fully saturated rings. The first kappa shape index (κ1) is 15.0. The van der Waals surface area contributed by atoms with Crippen molar-refractivity contribution >= 4 is 5.91 Å². The quantitative estimate of drug-likeness (QED) is 0.917. The van der Waals surface area contributed by atoms with Gasteiger partial charge in [0.25, 0.3) is 0 Å². The van der Waals surface area contributed by atoms with E-state index in [0.717, 1.165) is 29.9 Å². The third-order valence-electron chi connectivity index (χ3n) is 4.61. The molecule has 0 bridgehead atoms. The molecule has 0 spiro atoms. The number of hydrogen-bond acceptors (Lipinski definition) is 2. The number of amides is 1. The van der Waals surface area contributed by atoms with Gasteiger partial charge in [-0.1, -0.05) is 31.2 Å². The molecule has 0 saturated heterocycles. The summed E-state index contributed by atoms with van der Waals surface area (Å²) in [6.45, 7) is 2.80. The number of nitrogens with two attached hydrogens (primary N) is 1. The zero-order valence-corrected chi connectivity index (χ0v) is 12.6. The molecule has 2 N–H and O–H groups in total. The summed E-state index contributed by atoms with van der Waals surface area (Å²) in [4.78, 5) is 14.4. The van der Waals surface area contributed by atoms with Gasteiger partial charge in [0.1, 0.15) is 0 Å². The monoisotopic (exact) mass is 274 g/mol. The van der Waals surface area contributed by atoms with Gasteiger partial charge in [-0.15, -0.1) is 0 Å². The molecule has 0 radical (unpaired) electrons. The summed E-state index contributed by atoms with van der Waals surface area (Å²) in [5.41, 5.74) is 7.88. The van der Waals surface area contributed by atoms with Crippen LogP contribution < -0.4 is 5.73 Å². The van der Waals surface area contributed by atoms with Crippen molar-refractivity contribution in [2.75, 3.05) is 7.05 Å². The van der Waals surface area contributed by atoms with Crippen LogP contribution in [0.1, 0.15) is 43.7 Å². The van der Waals surface area contributed by atoms with Crippen molar-refractivity contribution in [1.29, 1.82) is 0 Å². The van der Waals surface area contributed by atoms with Crippen LogP contribution in [0.4, 0.5) is 0 Å². The van der Waals surface area contributed by atoms with Crippen LogP contribution in [0.25, 0.3) is 0 Å². The number of hydrogen-bond donors (Lipinski definition) is 1. The third kappa shape index (κ3) is 3.60. The van der Waals surface area contributed by atoms with Gasteiger partial charge in [0.05, 0.1) is 6.42 Å². The van der Waals surface area contributed by atoms with Crippen LogP contribution >= 0.6 is 0 Å². The van der Waals surface area contributed by atoms with E-state index in [0.29, 0.717) is 19.0 Å². The minimum absolute atomic E-state index is 0.213. The molecule has 1 aromatic rings. The summed E-state index contributed by atoms with van der Waals surface area (Å²) in [6.07, 6.45) is 5.23. The van der Waals surface area contributed by atoms with Gasteiger partial charge in [-0.2, -0.15) is 0 Å². The first-order chi connectivity index (χ1) is 9.61. The summed E-state index contributed by atoms with van der Waals surface area (Å²) in [5, 5.41) is 0. The average Bonchev–Trinajstić information content (AvgIpc) is 2.48. The summed E-state index contributed by atoms with van der Waals surface area (Å²) in [6, 6.07) is 8.39. The van der Waals surface area contributed by atoms with Crippen molar-refractivity contribution < 1.29 is 4.79 Å². The second-order valence-electron chi connectivity index (χ2n) is 6.07. The molecule has 0 atom stereocenters. The number of rotatable bonds is 4. The van der Waals surface area contributed by atoms with E-state index in [1.54, 1.807) is 0 Å². The zero-order chi connectivity index (χ0) is 14.5.